The Hall–Kier alpha value is -0.470. The van der Waals surface area contributed by atoms with Crippen molar-refractivity contribution in [2.75, 3.05) is 0 Å². The molecular formula is C7H11BrN4O2S. The van der Waals surface area contributed by atoms with Crippen LogP contribution in [0.15, 0.2) is 9.63 Å². The molecule has 1 N–H and O–H groups in total. The zero-order valence-corrected chi connectivity index (χ0v) is 10.7. The van der Waals surface area contributed by atoms with Gasteiger partial charge in [0.2, 0.25) is 5.03 Å². The van der Waals surface area contributed by atoms with Gasteiger partial charge in [-0.15, -0.1) is 5.10 Å². The molecule has 1 aliphatic rings. The molecule has 1 saturated carbocycles. The van der Waals surface area contributed by atoms with Crippen molar-refractivity contribution in [3.8, 4) is 0 Å². The first kappa shape index (κ1) is 11.0. The molecule has 1 aromatic rings. The molecule has 0 spiro atoms. The van der Waals surface area contributed by atoms with Crippen molar-refractivity contribution in [1.29, 1.82) is 0 Å². The van der Waals surface area contributed by atoms with E-state index in [2.05, 4.69) is 31.0 Å². The molecule has 6 nitrogen and oxygen atoms in total. The Morgan fingerprint density at radius 3 is 2.60 bits per heavy atom. The third kappa shape index (κ3) is 2.06. The van der Waals surface area contributed by atoms with Crippen molar-refractivity contribution in [3.05, 3.63) is 4.60 Å². The predicted octanol–water partition coefficient (Wildman–Crippen LogP) is 0.264. The summed E-state index contributed by atoms with van der Waals surface area (Å²) in [5.41, 5.74) is 0. The number of rotatable bonds is 3. The lowest BCUT2D eigenvalue weighted by Gasteiger charge is -2.05. The molecule has 0 aromatic carbocycles. The van der Waals surface area contributed by atoms with E-state index in [-0.39, 0.29) is 15.7 Å². The number of nitrogens with one attached hydrogen (secondary N) is 1. The summed E-state index contributed by atoms with van der Waals surface area (Å²) in [4.78, 5) is 0. The Bertz CT molecular complexity index is 464. The molecule has 2 atom stereocenters. The Morgan fingerprint density at radius 2 is 2.20 bits per heavy atom. The van der Waals surface area contributed by atoms with Crippen LogP contribution in [-0.2, 0) is 17.1 Å². The number of hydrogen-bond donors (Lipinski definition) is 1. The molecule has 1 fully saturated rings. The average Bonchev–Trinajstić information content (AvgIpc) is 2.63. The molecular weight excluding hydrogens is 284 g/mol. The molecule has 8 heteroatoms. The maximum absolute atomic E-state index is 11.9. The van der Waals surface area contributed by atoms with Gasteiger partial charge in [0, 0.05) is 13.1 Å². The average molecular weight is 295 g/mol. The van der Waals surface area contributed by atoms with Crippen molar-refractivity contribution in [2.45, 2.75) is 24.4 Å². The zero-order valence-electron chi connectivity index (χ0n) is 8.31. The number of halogens is 1. The van der Waals surface area contributed by atoms with Gasteiger partial charge in [0.15, 0.2) is 4.60 Å². The molecule has 2 rings (SSSR count). The lowest BCUT2D eigenvalue weighted by atomic mass is 10.5. The second-order valence-electron chi connectivity index (χ2n) is 3.75. The summed E-state index contributed by atoms with van der Waals surface area (Å²) in [6, 6.07) is 0.0526. The van der Waals surface area contributed by atoms with Crippen LogP contribution in [0.25, 0.3) is 0 Å². The zero-order chi connectivity index (χ0) is 11.2. The maximum Gasteiger partial charge on any atom is 0.260 e. The highest BCUT2D eigenvalue weighted by Crippen LogP contribution is 2.31. The standard InChI is InChI=1S/C7H11BrN4O2S/c1-4-3-5(4)10-15(13,14)7-6(8)9-11-12(7)2/h4-5,10H,3H2,1-2H3. The number of hydrogen-bond acceptors (Lipinski definition) is 4. The minimum absolute atomic E-state index is 0.0526. The lowest BCUT2D eigenvalue weighted by Crippen LogP contribution is -2.28. The fourth-order valence-corrected chi connectivity index (χ4v) is 3.80. The van der Waals surface area contributed by atoms with Gasteiger partial charge in [-0.1, -0.05) is 12.1 Å². The Labute approximate surface area is 96.2 Å². The fraction of sp³-hybridized carbons (Fsp3) is 0.714. The molecule has 1 aromatic heterocycles. The predicted molar refractivity (Wildman–Crippen MR) is 56.6 cm³/mol. The van der Waals surface area contributed by atoms with Crippen LogP contribution in [-0.4, -0.2) is 29.5 Å². The van der Waals surface area contributed by atoms with E-state index in [4.69, 9.17) is 0 Å². The smallest absolute Gasteiger partial charge is 0.235 e. The molecule has 15 heavy (non-hydrogen) atoms. The summed E-state index contributed by atoms with van der Waals surface area (Å²) in [6.07, 6.45) is 0.891. The van der Waals surface area contributed by atoms with Crippen LogP contribution in [0, 0.1) is 5.92 Å². The summed E-state index contributed by atoms with van der Waals surface area (Å²) in [5, 5.41) is 7.34. The SMILES string of the molecule is CC1CC1NS(=O)(=O)c1c(Br)nnn1C. The van der Waals surface area contributed by atoms with Crippen molar-refractivity contribution >= 4 is 26.0 Å². The Balaban J connectivity index is 2.29. The maximum atomic E-state index is 11.9. The summed E-state index contributed by atoms with van der Waals surface area (Å²) < 4.78 is 27.9. The van der Waals surface area contributed by atoms with Crippen LogP contribution < -0.4 is 4.72 Å². The fourth-order valence-electron chi connectivity index (χ4n) is 1.35. The highest BCUT2D eigenvalue weighted by atomic mass is 79.9. The second kappa shape index (κ2) is 3.53. The summed E-state index contributed by atoms with van der Waals surface area (Å²) >= 11 is 3.06. The normalized spacial score (nSPS) is 25.5. The van der Waals surface area contributed by atoms with Crippen molar-refractivity contribution in [2.24, 2.45) is 13.0 Å². The third-order valence-electron chi connectivity index (χ3n) is 2.41. The summed E-state index contributed by atoms with van der Waals surface area (Å²) in [5.74, 6) is 0.416. The number of sulfonamides is 1. The minimum Gasteiger partial charge on any atom is -0.235 e. The number of aryl methyl sites for hydroxylation is 1. The van der Waals surface area contributed by atoms with Gasteiger partial charge < -0.3 is 0 Å². The lowest BCUT2D eigenvalue weighted by molar-refractivity contribution is 0.557. The van der Waals surface area contributed by atoms with E-state index in [9.17, 15) is 8.42 Å². The van der Waals surface area contributed by atoms with Crippen LogP contribution in [0.4, 0.5) is 0 Å². The highest BCUT2D eigenvalue weighted by Gasteiger charge is 2.38. The first-order valence-corrected chi connectivity index (χ1v) is 6.77. The first-order chi connectivity index (χ1) is 6.92. The van der Waals surface area contributed by atoms with Gasteiger partial charge in [0.05, 0.1) is 0 Å². The van der Waals surface area contributed by atoms with Crippen molar-refractivity contribution in [3.63, 3.8) is 0 Å². The molecule has 2 unspecified atom stereocenters. The summed E-state index contributed by atoms with van der Waals surface area (Å²) in [7, 11) is -1.96. The van der Waals surface area contributed by atoms with E-state index in [0.717, 1.165) is 6.42 Å². The van der Waals surface area contributed by atoms with Gasteiger partial charge >= 0.3 is 0 Å². The molecule has 1 aliphatic carbocycles. The Kier molecular flexibility index (Phi) is 2.60. The molecule has 0 radical (unpaired) electrons. The van der Waals surface area contributed by atoms with Crippen molar-refractivity contribution < 1.29 is 8.42 Å². The molecule has 1 heterocycles. The van der Waals surface area contributed by atoms with Gasteiger partial charge in [-0.05, 0) is 28.3 Å². The second-order valence-corrected chi connectivity index (χ2v) is 6.13. The molecule has 0 bridgehead atoms. The van der Waals surface area contributed by atoms with Gasteiger partial charge in [-0.25, -0.2) is 17.8 Å². The third-order valence-corrected chi connectivity index (χ3v) is 4.78. The van der Waals surface area contributed by atoms with E-state index in [1.165, 1.54) is 4.68 Å². The van der Waals surface area contributed by atoms with Crippen LogP contribution in [0.3, 0.4) is 0 Å². The van der Waals surface area contributed by atoms with E-state index < -0.39 is 10.0 Å². The summed E-state index contributed by atoms with van der Waals surface area (Å²) in [6.45, 7) is 2.00. The van der Waals surface area contributed by atoms with Gasteiger partial charge in [-0.3, -0.25) is 0 Å². The molecule has 84 valence electrons. The van der Waals surface area contributed by atoms with E-state index in [0.29, 0.717) is 5.92 Å². The van der Waals surface area contributed by atoms with Crippen molar-refractivity contribution in [1.82, 2.24) is 19.7 Å². The van der Waals surface area contributed by atoms with Gasteiger partial charge in [0.1, 0.15) is 0 Å². The van der Waals surface area contributed by atoms with Crippen LogP contribution in [0.1, 0.15) is 13.3 Å². The Morgan fingerprint density at radius 1 is 1.60 bits per heavy atom. The quantitative estimate of drug-likeness (QED) is 0.868. The topological polar surface area (TPSA) is 76.9 Å². The van der Waals surface area contributed by atoms with Crippen LogP contribution >= 0.6 is 15.9 Å². The number of nitrogens with zero attached hydrogens (tertiary/aromatic N) is 3. The molecule has 0 saturated heterocycles. The van der Waals surface area contributed by atoms with Gasteiger partial charge in [0.25, 0.3) is 10.0 Å². The molecule has 0 aliphatic heterocycles. The number of aromatic nitrogens is 3. The largest absolute Gasteiger partial charge is 0.260 e. The van der Waals surface area contributed by atoms with Gasteiger partial charge in [-0.2, -0.15) is 0 Å². The minimum atomic E-state index is -3.51. The van der Waals surface area contributed by atoms with E-state index >= 15 is 0 Å². The highest BCUT2D eigenvalue weighted by molar-refractivity contribution is 9.10. The first-order valence-electron chi connectivity index (χ1n) is 4.49. The molecule has 0 amide bonds. The van der Waals surface area contributed by atoms with E-state index in [1.54, 1.807) is 7.05 Å². The van der Waals surface area contributed by atoms with E-state index in [1.807, 2.05) is 6.92 Å². The van der Waals surface area contributed by atoms with Crippen LogP contribution in [0.2, 0.25) is 0 Å². The monoisotopic (exact) mass is 294 g/mol. The van der Waals surface area contributed by atoms with Crippen LogP contribution in [0.5, 0.6) is 0 Å².